The first-order chi connectivity index (χ1) is 2.27. The summed E-state index contributed by atoms with van der Waals surface area (Å²) in [6.07, 6.45) is 0.806. The van der Waals surface area contributed by atoms with Crippen LogP contribution in [0.4, 0.5) is 0 Å². The number of carbonyl (C=O) groups excluding carboxylic acids is 1. The molecule has 1 nitrogen and oxygen atoms in total. The maximum atomic E-state index is 9.44. The summed E-state index contributed by atoms with van der Waals surface area (Å²) in [4.78, 5) is 9.44. The van der Waals surface area contributed by atoms with Gasteiger partial charge in [0, 0.05) is 0 Å². The van der Waals surface area contributed by atoms with E-state index >= 15 is 0 Å². The van der Waals surface area contributed by atoms with Gasteiger partial charge in [-0.2, -0.15) is 0 Å². The molecule has 0 radical (unpaired) electrons. The predicted octanol–water partition coefficient (Wildman–Crippen LogP) is 0.655. The van der Waals surface area contributed by atoms with Crippen LogP contribution in [0.2, 0.25) is 0 Å². The van der Waals surface area contributed by atoms with Crippen LogP contribution in [0.5, 0.6) is 0 Å². The molecule has 0 spiro atoms. The summed E-state index contributed by atoms with van der Waals surface area (Å²) >= 11 is 0. The lowest BCUT2D eigenvalue weighted by molar-refractivity contribution is -0.109. The zero-order valence-electron chi connectivity index (χ0n) is 3.27. The van der Waals surface area contributed by atoms with Crippen molar-refractivity contribution in [3.05, 3.63) is 6.92 Å². The first-order valence-corrected chi connectivity index (χ1v) is 1.55. The second kappa shape index (κ2) is 1.82. The predicted molar refractivity (Wildman–Crippen MR) is 20.6 cm³/mol. The molecule has 1 atom stereocenters. The Bertz CT molecular complexity index is 30.6. The fourth-order valence-electron chi connectivity index (χ4n) is 0. The summed E-state index contributed by atoms with van der Waals surface area (Å²) < 4.78 is 0. The number of aldehydes is 1. The van der Waals surface area contributed by atoms with Gasteiger partial charge < -0.3 is 0 Å². The molecule has 0 heterocycles. The van der Waals surface area contributed by atoms with Crippen LogP contribution in [0, 0.1) is 12.8 Å². The van der Waals surface area contributed by atoms with Crippen LogP contribution in [-0.2, 0) is 4.79 Å². The molecule has 0 aromatic rings. The number of hydrogen-bond donors (Lipinski definition) is 0. The summed E-state index contributed by atoms with van der Waals surface area (Å²) in [5.41, 5.74) is 0. The molecule has 0 saturated heterocycles. The van der Waals surface area contributed by atoms with Crippen LogP contribution in [-0.4, -0.2) is 6.29 Å². The van der Waals surface area contributed by atoms with Crippen molar-refractivity contribution >= 4 is 6.29 Å². The molecule has 0 aromatic carbocycles. The minimum Gasteiger partial charge on any atom is -0.298 e. The SMILES string of the molecule is [CH2+]C(C)C=O. The molecule has 0 aliphatic rings. The van der Waals surface area contributed by atoms with E-state index in [-0.39, 0.29) is 5.92 Å². The average molecular weight is 71.1 g/mol. The summed E-state index contributed by atoms with van der Waals surface area (Å²) in [5.74, 6) is -0.0463. The zero-order valence-corrected chi connectivity index (χ0v) is 3.27. The van der Waals surface area contributed by atoms with E-state index in [9.17, 15) is 4.79 Å². The quantitative estimate of drug-likeness (QED) is 0.328. The second-order valence-electron chi connectivity index (χ2n) is 1.11. The summed E-state index contributed by atoms with van der Waals surface area (Å²) in [6, 6.07) is 0. The third kappa shape index (κ3) is 3.54. The van der Waals surface area contributed by atoms with E-state index in [1.54, 1.807) is 6.92 Å². The minimum absolute atomic E-state index is 0.0463. The molecular weight excluding hydrogens is 64.0 g/mol. The molecule has 0 aliphatic carbocycles. The molecule has 0 rings (SSSR count). The fraction of sp³-hybridized carbons (Fsp3) is 0.500. The lowest BCUT2D eigenvalue weighted by Gasteiger charge is -1.69. The second-order valence-corrected chi connectivity index (χ2v) is 1.11. The summed E-state index contributed by atoms with van der Waals surface area (Å²) in [6.45, 7) is 5.13. The highest BCUT2D eigenvalue weighted by Gasteiger charge is 1.89. The van der Waals surface area contributed by atoms with Gasteiger partial charge in [0.15, 0.2) is 6.29 Å². The average Bonchev–Trinajstić information content (AvgIpc) is 1.38. The maximum absolute atomic E-state index is 9.44. The lowest BCUT2D eigenvalue weighted by Crippen LogP contribution is -1.83. The van der Waals surface area contributed by atoms with E-state index in [4.69, 9.17) is 0 Å². The normalized spacial score (nSPS) is 13.8. The van der Waals surface area contributed by atoms with Crippen LogP contribution >= 0.6 is 0 Å². The van der Waals surface area contributed by atoms with E-state index in [2.05, 4.69) is 6.92 Å². The molecule has 5 heavy (non-hydrogen) atoms. The Labute approximate surface area is 32.0 Å². The van der Waals surface area contributed by atoms with Gasteiger partial charge in [-0.1, -0.05) is 0 Å². The van der Waals surface area contributed by atoms with E-state index in [1.807, 2.05) is 0 Å². The van der Waals surface area contributed by atoms with Crippen molar-refractivity contribution in [2.75, 3.05) is 0 Å². The molecule has 0 saturated carbocycles. The fourth-order valence-corrected chi connectivity index (χ4v) is 0. The molecule has 0 amide bonds. The Kier molecular flexibility index (Phi) is 1.65. The van der Waals surface area contributed by atoms with Crippen molar-refractivity contribution < 1.29 is 4.79 Å². The van der Waals surface area contributed by atoms with Gasteiger partial charge in [-0.3, -0.25) is 4.79 Å². The molecule has 1 unspecified atom stereocenters. The van der Waals surface area contributed by atoms with Crippen molar-refractivity contribution in [1.82, 2.24) is 0 Å². The largest absolute Gasteiger partial charge is 0.298 e. The van der Waals surface area contributed by atoms with Crippen LogP contribution in [0.25, 0.3) is 0 Å². The van der Waals surface area contributed by atoms with E-state index in [1.165, 1.54) is 0 Å². The Morgan fingerprint density at radius 2 is 2.20 bits per heavy atom. The topological polar surface area (TPSA) is 17.1 Å². The molecule has 0 aliphatic heterocycles. The van der Waals surface area contributed by atoms with E-state index in [0.29, 0.717) is 0 Å². The first-order valence-electron chi connectivity index (χ1n) is 1.55. The molecule has 1 heteroatoms. The first kappa shape index (κ1) is 4.54. The van der Waals surface area contributed by atoms with Crippen LogP contribution in [0.3, 0.4) is 0 Å². The summed E-state index contributed by atoms with van der Waals surface area (Å²) in [5, 5.41) is 0. The van der Waals surface area contributed by atoms with Crippen LogP contribution < -0.4 is 0 Å². The smallest absolute Gasteiger partial charge is 0.166 e. The Morgan fingerprint density at radius 3 is 2.20 bits per heavy atom. The molecule has 0 fully saturated rings. The minimum atomic E-state index is -0.0463. The summed E-state index contributed by atoms with van der Waals surface area (Å²) in [7, 11) is 0. The molecule has 0 bridgehead atoms. The highest BCUT2D eigenvalue weighted by atomic mass is 16.1. The highest BCUT2D eigenvalue weighted by molar-refractivity contribution is 5.53. The van der Waals surface area contributed by atoms with Gasteiger partial charge >= 0.3 is 0 Å². The van der Waals surface area contributed by atoms with Gasteiger partial charge in [-0.05, 0) is 6.92 Å². The Hall–Kier alpha value is -0.460. The third-order valence-corrected chi connectivity index (χ3v) is 0.232. The lowest BCUT2D eigenvalue weighted by atomic mass is 10.3. The van der Waals surface area contributed by atoms with Crippen LogP contribution in [0.15, 0.2) is 0 Å². The van der Waals surface area contributed by atoms with Crippen molar-refractivity contribution in [3.63, 3.8) is 0 Å². The zero-order chi connectivity index (χ0) is 4.28. The maximum Gasteiger partial charge on any atom is 0.166 e. The van der Waals surface area contributed by atoms with Gasteiger partial charge in [0.1, 0.15) is 5.92 Å². The highest BCUT2D eigenvalue weighted by Crippen LogP contribution is 1.77. The third-order valence-electron chi connectivity index (χ3n) is 0.232. The van der Waals surface area contributed by atoms with Gasteiger partial charge in [0.05, 0.1) is 6.92 Å². The van der Waals surface area contributed by atoms with Gasteiger partial charge in [-0.15, -0.1) is 0 Å². The Morgan fingerprint density at radius 1 is 2.00 bits per heavy atom. The number of carbonyl (C=O) groups is 1. The molecule has 0 aromatic heterocycles. The number of hydrogen-bond acceptors (Lipinski definition) is 1. The standard InChI is InChI=1S/C4H7O/c1-4(2)3-5/h3-4H,1H2,2H3/q+1. The molecule has 0 N–H and O–H groups in total. The monoisotopic (exact) mass is 71.0 g/mol. The van der Waals surface area contributed by atoms with Crippen LogP contribution in [0.1, 0.15) is 6.92 Å². The van der Waals surface area contributed by atoms with Crippen molar-refractivity contribution in [1.29, 1.82) is 0 Å². The van der Waals surface area contributed by atoms with Crippen molar-refractivity contribution in [2.45, 2.75) is 6.92 Å². The molecular formula is C4H7O+. The number of rotatable bonds is 1. The van der Waals surface area contributed by atoms with Crippen molar-refractivity contribution in [3.8, 4) is 0 Å². The Balaban J connectivity index is 2.83. The van der Waals surface area contributed by atoms with Gasteiger partial charge in [0.25, 0.3) is 0 Å². The van der Waals surface area contributed by atoms with E-state index < -0.39 is 0 Å². The van der Waals surface area contributed by atoms with Crippen molar-refractivity contribution in [2.24, 2.45) is 5.92 Å². The van der Waals surface area contributed by atoms with Gasteiger partial charge in [0.2, 0.25) is 0 Å². The van der Waals surface area contributed by atoms with Gasteiger partial charge in [-0.25, -0.2) is 0 Å². The molecule has 28 valence electrons. The van der Waals surface area contributed by atoms with E-state index in [0.717, 1.165) is 6.29 Å².